The zero-order chi connectivity index (χ0) is 8.27. The molecule has 0 heterocycles. The maximum atomic E-state index is 12.8. The van der Waals surface area contributed by atoms with Crippen molar-refractivity contribution in [2.75, 3.05) is 0 Å². The molecule has 0 radical (unpaired) electrons. The molecule has 58 valence electrons. The van der Waals surface area contributed by atoms with Crippen molar-refractivity contribution in [1.29, 1.82) is 0 Å². The maximum absolute atomic E-state index is 12.8. The highest BCUT2D eigenvalue weighted by Gasteiger charge is 2.03. The van der Waals surface area contributed by atoms with Crippen LogP contribution in [0.15, 0.2) is 34.2 Å². The lowest BCUT2D eigenvalue weighted by molar-refractivity contribution is 0.664. The smallest absolute Gasteiger partial charge is 0.196 e. The summed E-state index contributed by atoms with van der Waals surface area (Å²) in [6, 6.07) is 8.12. The van der Waals surface area contributed by atoms with Gasteiger partial charge in [0.1, 0.15) is 0 Å². The summed E-state index contributed by atoms with van der Waals surface area (Å²) in [4.78, 5) is 0. The molecule has 1 aromatic carbocycles. The summed E-state index contributed by atoms with van der Waals surface area (Å²) in [5.41, 5.74) is 0.277. The van der Waals surface area contributed by atoms with Crippen LogP contribution in [0.5, 0.6) is 0 Å². The number of halogens is 3. The Morgan fingerprint density at radius 2 is 1.64 bits per heavy atom. The van der Waals surface area contributed by atoms with E-state index in [0.717, 1.165) is 0 Å². The molecular formula is C8H5F2I. The van der Waals surface area contributed by atoms with Gasteiger partial charge in [0.15, 0.2) is 9.66 Å². The number of hydrogen-bond donors (Lipinski definition) is 0. The van der Waals surface area contributed by atoms with Gasteiger partial charge >= 0.3 is 0 Å². The Kier molecular flexibility index (Phi) is 2.99. The predicted octanol–water partition coefficient (Wildman–Crippen LogP) is 3.69. The van der Waals surface area contributed by atoms with Gasteiger partial charge in [-0.05, 0) is 22.6 Å². The van der Waals surface area contributed by atoms with E-state index in [1.807, 2.05) is 0 Å². The minimum absolute atomic E-state index is 0.277. The summed E-state index contributed by atoms with van der Waals surface area (Å²) in [5, 5.41) is 0. The van der Waals surface area contributed by atoms with Crippen LogP contribution in [0.4, 0.5) is 8.78 Å². The van der Waals surface area contributed by atoms with Crippen LogP contribution in [0.25, 0.3) is 5.83 Å². The molecule has 1 aromatic rings. The first-order valence-electron chi connectivity index (χ1n) is 2.98. The van der Waals surface area contributed by atoms with Crippen LogP contribution in [-0.4, -0.2) is 0 Å². The normalized spacial score (nSPS) is 12.6. The van der Waals surface area contributed by atoms with Crippen LogP contribution in [-0.2, 0) is 0 Å². The molecule has 0 saturated heterocycles. The quantitative estimate of drug-likeness (QED) is 0.680. The van der Waals surface area contributed by atoms with E-state index < -0.39 is 9.66 Å². The van der Waals surface area contributed by atoms with E-state index in [1.54, 1.807) is 18.2 Å². The zero-order valence-electron chi connectivity index (χ0n) is 5.52. The molecule has 0 saturated carbocycles. The molecule has 0 aromatic heterocycles. The summed E-state index contributed by atoms with van der Waals surface area (Å²) < 4.78 is 24.2. The lowest BCUT2D eigenvalue weighted by Gasteiger charge is -1.94. The van der Waals surface area contributed by atoms with Gasteiger partial charge in [0.05, 0.1) is 0 Å². The first kappa shape index (κ1) is 8.64. The van der Waals surface area contributed by atoms with Gasteiger partial charge in [-0.3, -0.25) is 0 Å². The maximum Gasteiger partial charge on any atom is 0.196 e. The Balaban J connectivity index is 3.04. The van der Waals surface area contributed by atoms with Crippen LogP contribution in [0.1, 0.15) is 5.56 Å². The van der Waals surface area contributed by atoms with Crippen LogP contribution in [0.3, 0.4) is 0 Å². The highest BCUT2D eigenvalue weighted by molar-refractivity contribution is 14.1. The van der Waals surface area contributed by atoms with Crippen molar-refractivity contribution in [2.24, 2.45) is 0 Å². The van der Waals surface area contributed by atoms with E-state index in [2.05, 4.69) is 0 Å². The Morgan fingerprint density at radius 3 is 2.09 bits per heavy atom. The third-order valence-corrected chi connectivity index (χ3v) is 1.67. The summed E-state index contributed by atoms with van der Waals surface area (Å²) in [7, 11) is 0. The standard InChI is InChI=1S/C8H5F2I/c9-7(8(10)11)6-4-2-1-3-5-6/h1-5H. The molecular weight excluding hydrogens is 261 g/mol. The van der Waals surface area contributed by atoms with Crippen LogP contribution < -0.4 is 0 Å². The van der Waals surface area contributed by atoms with E-state index in [0.29, 0.717) is 0 Å². The average molecular weight is 266 g/mol. The first-order chi connectivity index (χ1) is 5.22. The van der Waals surface area contributed by atoms with Crippen molar-refractivity contribution < 1.29 is 8.78 Å². The summed E-state index contributed by atoms with van der Waals surface area (Å²) in [5.74, 6) is -0.800. The molecule has 0 amide bonds. The van der Waals surface area contributed by atoms with Crippen molar-refractivity contribution in [3.05, 3.63) is 39.7 Å². The third-order valence-electron chi connectivity index (χ3n) is 1.19. The van der Waals surface area contributed by atoms with Crippen LogP contribution in [0, 0.1) is 0 Å². The molecule has 1 rings (SSSR count). The zero-order valence-corrected chi connectivity index (χ0v) is 7.68. The Morgan fingerprint density at radius 1 is 1.09 bits per heavy atom. The van der Waals surface area contributed by atoms with E-state index in [-0.39, 0.29) is 5.56 Å². The van der Waals surface area contributed by atoms with Crippen molar-refractivity contribution >= 4 is 28.4 Å². The van der Waals surface area contributed by atoms with Crippen LogP contribution >= 0.6 is 22.6 Å². The fraction of sp³-hybridized carbons (Fsp3) is 0. The Labute approximate surface area is 77.1 Å². The second-order valence-corrected chi connectivity index (χ2v) is 2.89. The van der Waals surface area contributed by atoms with Gasteiger partial charge in [0.25, 0.3) is 0 Å². The van der Waals surface area contributed by atoms with E-state index in [4.69, 9.17) is 0 Å². The molecule has 0 aliphatic rings. The molecule has 0 spiro atoms. The number of rotatable bonds is 1. The fourth-order valence-electron chi connectivity index (χ4n) is 0.694. The van der Waals surface area contributed by atoms with Crippen molar-refractivity contribution in [3.63, 3.8) is 0 Å². The van der Waals surface area contributed by atoms with Gasteiger partial charge < -0.3 is 0 Å². The van der Waals surface area contributed by atoms with Crippen molar-refractivity contribution in [3.8, 4) is 0 Å². The van der Waals surface area contributed by atoms with Gasteiger partial charge in [-0.1, -0.05) is 30.3 Å². The SMILES string of the molecule is FC(I)=C(F)c1ccccc1. The molecule has 0 aliphatic heterocycles. The third kappa shape index (κ3) is 2.25. The van der Waals surface area contributed by atoms with Crippen molar-refractivity contribution in [1.82, 2.24) is 0 Å². The topological polar surface area (TPSA) is 0 Å². The van der Waals surface area contributed by atoms with Gasteiger partial charge in [-0.15, -0.1) is 0 Å². The molecule has 0 N–H and O–H groups in total. The lowest BCUT2D eigenvalue weighted by Crippen LogP contribution is -1.75. The molecule has 11 heavy (non-hydrogen) atoms. The van der Waals surface area contributed by atoms with Gasteiger partial charge in [0, 0.05) is 5.56 Å². The van der Waals surface area contributed by atoms with Gasteiger partial charge in [-0.25, -0.2) is 4.39 Å². The predicted molar refractivity (Wildman–Crippen MR) is 49.6 cm³/mol. The lowest BCUT2D eigenvalue weighted by atomic mass is 10.2. The average Bonchev–Trinajstić information content (AvgIpc) is 2.05. The molecule has 0 fully saturated rings. The molecule has 0 atom stereocenters. The highest BCUT2D eigenvalue weighted by atomic mass is 127. The van der Waals surface area contributed by atoms with E-state index >= 15 is 0 Å². The molecule has 0 unspecified atom stereocenters. The molecule has 0 aliphatic carbocycles. The molecule has 3 heteroatoms. The van der Waals surface area contributed by atoms with E-state index in [9.17, 15) is 8.78 Å². The van der Waals surface area contributed by atoms with Gasteiger partial charge in [-0.2, -0.15) is 4.39 Å². The van der Waals surface area contributed by atoms with E-state index in [1.165, 1.54) is 34.7 Å². The summed E-state index contributed by atoms with van der Waals surface area (Å²) >= 11 is 1.31. The highest BCUT2D eigenvalue weighted by Crippen LogP contribution is 2.24. The molecule has 0 nitrogen and oxygen atoms in total. The largest absolute Gasteiger partial charge is 0.203 e. The van der Waals surface area contributed by atoms with Gasteiger partial charge in [0.2, 0.25) is 0 Å². The van der Waals surface area contributed by atoms with Crippen LogP contribution in [0.2, 0.25) is 0 Å². The number of benzene rings is 1. The molecule has 0 bridgehead atoms. The first-order valence-corrected chi connectivity index (χ1v) is 4.06. The Bertz CT molecular complexity index is 263. The summed E-state index contributed by atoms with van der Waals surface area (Å²) in [6.45, 7) is 0. The second kappa shape index (κ2) is 3.80. The monoisotopic (exact) mass is 266 g/mol. The fourth-order valence-corrected chi connectivity index (χ4v) is 1.00. The number of hydrogen-bond acceptors (Lipinski definition) is 0. The minimum atomic E-state index is -0.811. The Hall–Kier alpha value is -0.450. The minimum Gasteiger partial charge on any atom is -0.203 e. The summed E-state index contributed by atoms with van der Waals surface area (Å²) in [6.07, 6.45) is 0. The second-order valence-electron chi connectivity index (χ2n) is 1.94. The van der Waals surface area contributed by atoms with Crippen molar-refractivity contribution in [2.45, 2.75) is 0 Å².